The van der Waals surface area contributed by atoms with E-state index in [0.29, 0.717) is 18.9 Å². The van der Waals surface area contributed by atoms with Crippen molar-refractivity contribution in [1.29, 1.82) is 0 Å². The van der Waals surface area contributed by atoms with Crippen molar-refractivity contribution >= 4 is 15.7 Å². The molecule has 3 heterocycles. The van der Waals surface area contributed by atoms with Crippen molar-refractivity contribution in [3.63, 3.8) is 0 Å². The minimum Gasteiger partial charge on any atom is -0.357 e. The SMILES string of the molecule is O=S1(=O)C=CC(NC2CCN(c3ccc(C(F)(F)F)cn3)CC2)C1. The molecule has 2 aliphatic heterocycles. The minimum atomic E-state index is -4.38. The number of anilines is 1. The van der Waals surface area contributed by atoms with Crippen LogP contribution in [0.25, 0.3) is 0 Å². The molecule has 3 rings (SSSR count). The van der Waals surface area contributed by atoms with Crippen LogP contribution in [0, 0.1) is 0 Å². The van der Waals surface area contributed by atoms with Crippen LogP contribution in [0.2, 0.25) is 0 Å². The van der Waals surface area contributed by atoms with Crippen LogP contribution in [0.3, 0.4) is 0 Å². The highest BCUT2D eigenvalue weighted by molar-refractivity contribution is 7.94. The molecule has 1 unspecified atom stereocenters. The zero-order valence-corrected chi connectivity index (χ0v) is 13.6. The lowest BCUT2D eigenvalue weighted by atomic mass is 10.0. The summed E-state index contributed by atoms with van der Waals surface area (Å²) >= 11 is 0. The predicted octanol–water partition coefficient (Wildman–Crippen LogP) is 1.97. The Morgan fingerprint density at radius 1 is 1.21 bits per heavy atom. The van der Waals surface area contributed by atoms with Gasteiger partial charge in [0, 0.05) is 36.8 Å². The molecule has 0 radical (unpaired) electrons. The lowest BCUT2D eigenvalue weighted by Gasteiger charge is -2.34. The Morgan fingerprint density at radius 3 is 2.42 bits per heavy atom. The van der Waals surface area contributed by atoms with Crippen LogP contribution in [-0.4, -0.2) is 44.3 Å². The number of nitrogens with one attached hydrogen (secondary N) is 1. The average Bonchev–Trinajstić information content (AvgIpc) is 2.86. The highest BCUT2D eigenvalue weighted by Crippen LogP contribution is 2.29. The summed E-state index contributed by atoms with van der Waals surface area (Å²) in [4.78, 5) is 5.86. The van der Waals surface area contributed by atoms with Crippen molar-refractivity contribution in [2.75, 3.05) is 23.7 Å². The summed E-state index contributed by atoms with van der Waals surface area (Å²) in [5.74, 6) is 0.623. The van der Waals surface area contributed by atoms with Gasteiger partial charge in [-0.1, -0.05) is 6.08 Å². The van der Waals surface area contributed by atoms with Gasteiger partial charge in [0.1, 0.15) is 5.82 Å². The van der Waals surface area contributed by atoms with Crippen LogP contribution in [0.15, 0.2) is 29.8 Å². The summed E-state index contributed by atoms with van der Waals surface area (Å²) in [7, 11) is -3.07. The Bertz CT molecular complexity index is 708. The summed E-state index contributed by atoms with van der Waals surface area (Å²) in [6.45, 7) is 1.33. The Morgan fingerprint density at radius 2 is 1.92 bits per heavy atom. The fourth-order valence-corrected chi connectivity index (χ4v) is 4.25. The summed E-state index contributed by atoms with van der Waals surface area (Å²) < 4.78 is 60.4. The first-order chi connectivity index (χ1) is 11.2. The molecule has 0 aromatic carbocycles. The molecular weight excluding hydrogens is 343 g/mol. The first-order valence-electron chi connectivity index (χ1n) is 7.68. The van der Waals surface area contributed by atoms with Crippen molar-refractivity contribution < 1.29 is 21.6 Å². The lowest BCUT2D eigenvalue weighted by molar-refractivity contribution is -0.137. The van der Waals surface area contributed by atoms with E-state index in [9.17, 15) is 21.6 Å². The van der Waals surface area contributed by atoms with Crippen molar-refractivity contribution in [2.45, 2.75) is 31.1 Å². The second kappa shape index (κ2) is 6.36. The summed E-state index contributed by atoms with van der Waals surface area (Å²) in [5, 5.41) is 4.55. The smallest absolute Gasteiger partial charge is 0.357 e. The molecule has 1 fully saturated rings. The average molecular weight is 361 g/mol. The van der Waals surface area contributed by atoms with Gasteiger partial charge in [-0.05, 0) is 25.0 Å². The lowest BCUT2D eigenvalue weighted by Crippen LogP contribution is -2.46. The number of alkyl halides is 3. The Kier molecular flexibility index (Phi) is 4.56. The molecule has 0 saturated carbocycles. The molecule has 24 heavy (non-hydrogen) atoms. The third-order valence-electron chi connectivity index (χ3n) is 4.27. The maximum absolute atomic E-state index is 12.6. The fraction of sp³-hybridized carbons (Fsp3) is 0.533. The van der Waals surface area contributed by atoms with Gasteiger partial charge < -0.3 is 10.2 Å². The van der Waals surface area contributed by atoms with Gasteiger partial charge in [-0.2, -0.15) is 13.2 Å². The number of pyridine rings is 1. The van der Waals surface area contributed by atoms with Crippen LogP contribution in [0.4, 0.5) is 19.0 Å². The number of piperidine rings is 1. The molecule has 132 valence electrons. The van der Waals surface area contributed by atoms with Gasteiger partial charge in [-0.3, -0.25) is 0 Å². The molecule has 1 aromatic heterocycles. The van der Waals surface area contributed by atoms with E-state index < -0.39 is 21.6 Å². The maximum Gasteiger partial charge on any atom is 0.417 e. The molecule has 0 bridgehead atoms. The second-order valence-corrected chi connectivity index (χ2v) is 8.03. The molecule has 9 heteroatoms. The van der Waals surface area contributed by atoms with Crippen LogP contribution in [-0.2, 0) is 16.0 Å². The maximum atomic E-state index is 12.6. The highest BCUT2D eigenvalue weighted by atomic mass is 32.2. The van der Waals surface area contributed by atoms with Gasteiger partial charge in [0.25, 0.3) is 0 Å². The van der Waals surface area contributed by atoms with Crippen LogP contribution in [0.1, 0.15) is 18.4 Å². The van der Waals surface area contributed by atoms with Crippen molar-refractivity contribution in [2.24, 2.45) is 0 Å². The van der Waals surface area contributed by atoms with E-state index in [0.717, 1.165) is 25.1 Å². The summed E-state index contributed by atoms with van der Waals surface area (Å²) in [6.07, 6.45) is -0.287. The number of sulfone groups is 1. The van der Waals surface area contributed by atoms with Gasteiger partial charge in [-0.25, -0.2) is 13.4 Å². The Labute approximate surface area is 138 Å². The van der Waals surface area contributed by atoms with Crippen LogP contribution >= 0.6 is 0 Å². The molecule has 1 aromatic rings. The first kappa shape index (κ1) is 17.2. The molecule has 1 saturated heterocycles. The third-order valence-corrected chi connectivity index (χ3v) is 5.67. The van der Waals surface area contributed by atoms with E-state index in [1.54, 1.807) is 6.08 Å². The Balaban J connectivity index is 1.53. The molecule has 0 aliphatic carbocycles. The molecule has 2 aliphatic rings. The second-order valence-electron chi connectivity index (χ2n) is 6.10. The van der Waals surface area contributed by atoms with Crippen molar-refractivity contribution in [3.8, 4) is 0 Å². The fourth-order valence-electron chi connectivity index (χ4n) is 3.00. The molecule has 0 spiro atoms. The third kappa shape index (κ3) is 4.07. The zero-order chi connectivity index (χ0) is 17.4. The number of rotatable bonds is 3. The van der Waals surface area contributed by atoms with Gasteiger partial charge >= 0.3 is 6.18 Å². The molecule has 0 amide bonds. The number of hydrogen-bond donors (Lipinski definition) is 1. The molecular formula is C15H18F3N3O2S. The van der Waals surface area contributed by atoms with Gasteiger partial charge in [0.15, 0.2) is 9.84 Å². The van der Waals surface area contributed by atoms with Crippen molar-refractivity contribution in [3.05, 3.63) is 35.4 Å². The van der Waals surface area contributed by atoms with E-state index in [-0.39, 0.29) is 17.8 Å². The normalized spacial score (nSPS) is 24.5. The van der Waals surface area contributed by atoms with Gasteiger partial charge in [-0.15, -0.1) is 0 Å². The minimum absolute atomic E-state index is 0.0909. The highest BCUT2D eigenvalue weighted by Gasteiger charge is 2.31. The number of halogens is 3. The topological polar surface area (TPSA) is 62.3 Å². The monoisotopic (exact) mass is 361 g/mol. The van der Waals surface area contributed by atoms with Crippen LogP contribution in [0.5, 0.6) is 0 Å². The van der Waals surface area contributed by atoms with E-state index in [1.807, 2.05) is 4.90 Å². The molecule has 1 N–H and O–H groups in total. The van der Waals surface area contributed by atoms with Crippen LogP contribution < -0.4 is 10.2 Å². The summed E-state index contributed by atoms with van der Waals surface area (Å²) in [6, 6.07) is 2.47. The molecule has 1 atom stereocenters. The van der Waals surface area contributed by atoms with Gasteiger partial charge in [0.05, 0.1) is 11.3 Å². The van der Waals surface area contributed by atoms with Gasteiger partial charge in [0.2, 0.25) is 0 Å². The van der Waals surface area contributed by atoms with E-state index in [4.69, 9.17) is 0 Å². The first-order valence-corrected chi connectivity index (χ1v) is 9.40. The Hall–Kier alpha value is -1.61. The summed E-state index contributed by atoms with van der Waals surface area (Å²) in [5.41, 5.74) is -0.753. The zero-order valence-electron chi connectivity index (χ0n) is 12.8. The molecule has 5 nitrogen and oxygen atoms in total. The standard InChI is InChI=1S/C15H18F3N3O2S/c16-15(17,18)11-1-2-14(19-9-11)21-6-3-12(4-7-21)20-13-5-8-24(22,23)10-13/h1-2,5,8-9,12-13,20H,3-4,6-7,10H2. The number of nitrogens with zero attached hydrogens (tertiary/aromatic N) is 2. The van der Waals surface area contributed by atoms with E-state index >= 15 is 0 Å². The number of aromatic nitrogens is 1. The predicted molar refractivity (Wildman–Crippen MR) is 84.3 cm³/mol. The van der Waals surface area contributed by atoms with E-state index in [1.165, 1.54) is 11.5 Å². The largest absolute Gasteiger partial charge is 0.417 e. The van der Waals surface area contributed by atoms with E-state index in [2.05, 4.69) is 10.3 Å². The number of hydrogen-bond acceptors (Lipinski definition) is 5. The quantitative estimate of drug-likeness (QED) is 0.892. The van der Waals surface area contributed by atoms with Crippen molar-refractivity contribution in [1.82, 2.24) is 10.3 Å².